The van der Waals surface area contributed by atoms with Gasteiger partial charge in [0.15, 0.2) is 17.1 Å². The van der Waals surface area contributed by atoms with Gasteiger partial charge in [-0.25, -0.2) is 9.97 Å². The molecule has 0 saturated carbocycles. The summed E-state index contributed by atoms with van der Waals surface area (Å²) in [7, 11) is 3.14. The van der Waals surface area contributed by atoms with Crippen LogP contribution in [0.15, 0.2) is 47.7 Å². The molecule has 3 rings (SSSR count). The van der Waals surface area contributed by atoms with Gasteiger partial charge in [-0.05, 0) is 29.8 Å². The molecule has 0 spiro atoms. The van der Waals surface area contributed by atoms with Gasteiger partial charge >= 0.3 is 0 Å². The number of nitrogens with zero attached hydrogens (tertiary/aromatic N) is 3. The Hall–Kier alpha value is -2.97. The average Bonchev–Trinajstić information content (AvgIpc) is 2.70. The van der Waals surface area contributed by atoms with E-state index < -0.39 is 6.10 Å². The minimum atomic E-state index is -0.848. The lowest BCUT2D eigenvalue weighted by Crippen LogP contribution is -2.29. The van der Waals surface area contributed by atoms with Gasteiger partial charge in [-0.1, -0.05) is 6.07 Å². The van der Waals surface area contributed by atoms with Gasteiger partial charge in [0, 0.05) is 6.20 Å². The van der Waals surface area contributed by atoms with Crippen LogP contribution in [-0.2, 0) is 17.9 Å². The van der Waals surface area contributed by atoms with Crippen molar-refractivity contribution in [2.75, 3.05) is 20.8 Å². The van der Waals surface area contributed by atoms with E-state index >= 15 is 0 Å². The van der Waals surface area contributed by atoms with Gasteiger partial charge in [0.05, 0.1) is 45.5 Å². The van der Waals surface area contributed by atoms with Gasteiger partial charge in [-0.2, -0.15) is 0 Å². The highest BCUT2D eigenvalue weighted by atomic mass is 16.5. The number of methoxy groups -OCH3 is 2. The monoisotopic (exact) mass is 371 g/mol. The van der Waals surface area contributed by atoms with Crippen LogP contribution in [0.3, 0.4) is 0 Å². The zero-order valence-electron chi connectivity index (χ0n) is 15.2. The maximum atomic E-state index is 12.4. The molecule has 3 aromatic rings. The molecule has 1 atom stereocenters. The third-order valence-electron chi connectivity index (χ3n) is 4.03. The Kier molecular flexibility index (Phi) is 6.00. The lowest BCUT2D eigenvalue weighted by atomic mass is 10.2. The highest BCUT2D eigenvalue weighted by molar-refractivity contribution is 5.72. The quantitative estimate of drug-likeness (QED) is 0.639. The Morgan fingerprint density at radius 3 is 2.74 bits per heavy atom. The molecule has 2 heterocycles. The molecule has 8 heteroatoms. The summed E-state index contributed by atoms with van der Waals surface area (Å²) in [6.07, 6.45) is 2.12. The van der Waals surface area contributed by atoms with Crippen molar-refractivity contribution in [3.05, 3.63) is 58.8 Å². The van der Waals surface area contributed by atoms with Gasteiger partial charge in [-0.3, -0.25) is 9.36 Å². The molecule has 2 aromatic heterocycles. The largest absolute Gasteiger partial charge is 0.493 e. The van der Waals surface area contributed by atoms with Gasteiger partial charge in [0.25, 0.3) is 5.56 Å². The van der Waals surface area contributed by atoms with Crippen LogP contribution < -0.4 is 15.0 Å². The van der Waals surface area contributed by atoms with Crippen molar-refractivity contribution in [3.8, 4) is 11.5 Å². The number of ether oxygens (including phenoxy) is 3. The molecular weight excluding hydrogens is 350 g/mol. The molecule has 0 amide bonds. The van der Waals surface area contributed by atoms with Gasteiger partial charge in [0.1, 0.15) is 6.33 Å². The number of hydrogen-bond donors (Lipinski definition) is 1. The summed E-state index contributed by atoms with van der Waals surface area (Å²) < 4.78 is 17.4. The Morgan fingerprint density at radius 2 is 1.96 bits per heavy atom. The number of aliphatic hydroxyl groups is 1. The summed E-state index contributed by atoms with van der Waals surface area (Å²) in [5.41, 5.74) is 1.03. The molecule has 0 aliphatic carbocycles. The number of pyridine rings is 1. The Labute approximate surface area is 156 Å². The lowest BCUT2D eigenvalue weighted by Gasteiger charge is -2.14. The maximum Gasteiger partial charge on any atom is 0.262 e. The SMILES string of the molecule is COc1ccc(COC[C@H](O)Cn2cnc3ncccc3c2=O)cc1OC. The number of rotatable bonds is 8. The van der Waals surface area contributed by atoms with E-state index in [0.717, 1.165) is 5.56 Å². The topological polar surface area (TPSA) is 95.7 Å². The van der Waals surface area contributed by atoms with Crippen LogP contribution in [0.1, 0.15) is 5.56 Å². The van der Waals surface area contributed by atoms with Gasteiger partial charge < -0.3 is 19.3 Å². The fraction of sp³-hybridized carbons (Fsp3) is 0.316. The highest BCUT2D eigenvalue weighted by Crippen LogP contribution is 2.27. The summed E-state index contributed by atoms with van der Waals surface area (Å²) in [4.78, 5) is 20.6. The first-order valence-electron chi connectivity index (χ1n) is 8.39. The van der Waals surface area contributed by atoms with Crippen LogP contribution in [0.2, 0.25) is 0 Å². The zero-order valence-corrected chi connectivity index (χ0v) is 15.2. The van der Waals surface area contributed by atoms with Crippen LogP contribution in [0.5, 0.6) is 11.5 Å². The fourth-order valence-electron chi connectivity index (χ4n) is 2.69. The van der Waals surface area contributed by atoms with E-state index in [1.165, 1.54) is 10.9 Å². The normalized spacial score (nSPS) is 12.1. The molecule has 0 fully saturated rings. The number of hydrogen-bond acceptors (Lipinski definition) is 7. The van der Waals surface area contributed by atoms with Gasteiger partial charge in [-0.15, -0.1) is 0 Å². The first-order valence-corrected chi connectivity index (χ1v) is 8.39. The molecule has 0 aliphatic rings. The molecule has 0 radical (unpaired) electrons. The first kappa shape index (κ1) is 18.8. The first-order chi connectivity index (χ1) is 13.1. The molecule has 0 unspecified atom stereocenters. The van der Waals surface area contributed by atoms with Crippen LogP contribution in [-0.4, -0.2) is 46.6 Å². The molecule has 1 aromatic carbocycles. The minimum absolute atomic E-state index is 0.0753. The molecular formula is C19H21N3O5. The third kappa shape index (κ3) is 4.42. The van der Waals surface area contributed by atoms with Crippen molar-refractivity contribution in [2.45, 2.75) is 19.3 Å². The molecule has 1 N–H and O–H groups in total. The second kappa shape index (κ2) is 8.61. The number of benzene rings is 1. The van der Waals surface area contributed by atoms with Crippen molar-refractivity contribution in [1.82, 2.24) is 14.5 Å². The van der Waals surface area contributed by atoms with E-state index in [0.29, 0.717) is 29.1 Å². The summed E-state index contributed by atoms with van der Waals surface area (Å²) in [5.74, 6) is 1.25. The van der Waals surface area contributed by atoms with Crippen LogP contribution in [0, 0.1) is 0 Å². The third-order valence-corrected chi connectivity index (χ3v) is 4.03. The van der Waals surface area contributed by atoms with Crippen molar-refractivity contribution in [2.24, 2.45) is 0 Å². The predicted octanol–water partition coefficient (Wildman–Crippen LogP) is 1.39. The van der Waals surface area contributed by atoms with Crippen LogP contribution in [0.25, 0.3) is 11.0 Å². The predicted molar refractivity (Wildman–Crippen MR) is 99.0 cm³/mol. The standard InChI is InChI=1S/C19H21N3O5/c1-25-16-6-5-13(8-17(16)26-2)10-27-11-14(23)9-22-12-21-18-15(19(22)24)4-3-7-20-18/h3-8,12,14,23H,9-11H2,1-2H3/t14-/m1/s1. The maximum absolute atomic E-state index is 12.4. The molecule has 142 valence electrons. The van der Waals surface area contributed by atoms with E-state index in [1.54, 1.807) is 38.6 Å². The average molecular weight is 371 g/mol. The van der Waals surface area contributed by atoms with E-state index in [4.69, 9.17) is 14.2 Å². The summed E-state index contributed by atoms with van der Waals surface area (Å²) in [5, 5.41) is 10.6. The van der Waals surface area contributed by atoms with E-state index in [9.17, 15) is 9.90 Å². The van der Waals surface area contributed by atoms with Crippen LogP contribution in [0.4, 0.5) is 0 Å². The van der Waals surface area contributed by atoms with E-state index in [2.05, 4.69) is 9.97 Å². The molecule has 27 heavy (non-hydrogen) atoms. The van der Waals surface area contributed by atoms with Crippen molar-refractivity contribution >= 4 is 11.0 Å². The number of fused-ring (bicyclic) bond motifs is 1. The molecule has 0 bridgehead atoms. The zero-order chi connectivity index (χ0) is 19.2. The summed E-state index contributed by atoms with van der Waals surface area (Å²) >= 11 is 0. The smallest absolute Gasteiger partial charge is 0.262 e. The summed E-state index contributed by atoms with van der Waals surface area (Å²) in [6, 6.07) is 8.81. The fourth-order valence-corrected chi connectivity index (χ4v) is 2.69. The van der Waals surface area contributed by atoms with Gasteiger partial charge in [0.2, 0.25) is 0 Å². The minimum Gasteiger partial charge on any atom is -0.493 e. The number of aromatic nitrogens is 3. The Morgan fingerprint density at radius 1 is 1.15 bits per heavy atom. The number of aliphatic hydroxyl groups excluding tert-OH is 1. The van der Waals surface area contributed by atoms with Crippen molar-refractivity contribution in [1.29, 1.82) is 0 Å². The van der Waals surface area contributed by atoms with Crippen molar-refractivity contribution in [3.63, 3.8) is 0 Å². The second-order valence-corrected chi connectivity index (χ2v) is 5.93. The Balaban J connectivity index is 1.58. The molecule has 0 saturated heterocycles. The molecule has 0 aliphatic heterocycles. The van der Waals surface area contributed by atoms with E-state index in [-0.39, 0.29) is 18.7 Å². The Bertz CT molecular complexity index is 973. The van der Waals surface area contributed by atoms with E-state index in [1.807, 2.05) is 12.1 Å². The molecule has 8 nitrogen and oxygen atoms in total. The second-order valence-electron chi connectivity index (χ2n) is 5.93. The highest BCUT2D eigenvalue weighted by Gasteiger charge is 2.11. The summed E-state index contributed by atoms with van der Waals surface area (Å²) in [6.45, 7) is 0.459. The lowest BCUT2D eigenvalue weighted by molar-refractivity contribution is 0.0198. The van der Waals surface area contributed by atoms with Crippen LogP contribution >= 0.6 is 0 Å². The van der Waals surface area contributed by atoms with Crippen molar-refractivity contribution < 1.29 is 19.3 Å².